The predicted molar refractivity (Wildman–Crippen MR) is 54.5 cm³/mol. The number of aliphatic carboxylic acids is 1. The molecule has 0 aromatic carbocycles. The van der Waals surface area contributed by atoms with Crippen LogP contribution in [-0.2, 0) is 14.3 Å². The number of alkyl halides is 2. The third kappa shape index (κ3) is 3.25. The van der Waals surface area contributed by atoms with E-state index in [1.54, 1.807) is 13.8 Å². The fraction of sp³-hybridized carbons (Fsp3) is 0.636. The van der Waals surface area contributed by atoms with Crippen LogP contribution in [0.2, 0.25) is 0 Å². The molecule has 0 amide bonds. The Morgan fingerprint density at radius 1 is 1.47 bits per heavy atom. The van der Waals surface area contributed by atoms with Crippen LogP contribution in [0.1, 0.15) is 13.8 Å². The molecule has 0 aromatic rings. The molecule has 0 heterocycles. The first-order chi connectivity index (χ1) is 7.76. The largest absolute Gasteiger partial charge is 0.481 e. The molecular formula is C11H14F2O4. The number of esters is 1. The lowest BCUT2D eigenvalue weighted by atomic mass is 10.1. The van der Waals surface area contributed by atoms with Crippen molar-refractivity contribution in [3.63, 3.8) is 0 Å². The number of carboxylic acid groups (broad SMARTS) is 1. The van der Waals surface area contributed by atoms with Crippen molar-refractivity contribution in [3.05, 3.63) is 12.2 Å². The van der Waals surface area contributed by atoms with Gasteiger partial charge in [-0.05, 0) is 11.3 Å². The zero-order chi connectivity index (χ0) is 13.2. The molecule has 0 aliphatic heterocycles. The third-order valence-electron chi connectivity index (χ3n) is 2.97. The topological polar surface area (TPSA) is 63.6 Å². The molecule has 2 atom stereocenters. The van der Waals surface area contributed by atoms with Crippen molar-refractivity contribution < 1.29 is 28.2 Å². The molecule has 1 N–H and O–H groups in total. The van der Waals surface area contributed by atoms with E-state index in [0.717, 1.165) is 6.08 Å². The molecule has 1 rings (SSSR count). The van der Waals surface area contributed by atoms with Crippen LogP contribution in [0.5, 0.6) is 0 Å². The number of hydrogen-bond donors (Lipinski definition) is 1. The Morgan fingerprint density at radius 2 is 2.06 bits per heavy atom. The summed E-state index contributed by atoms with van der Waals surface area (Å²) in [6.07, 6.45) is -0.277. The van der Waals surface area contributed by atoms with Gasteiger partial charge in [0.1, 0.15) is 0 Å². The van der Waals surface area contributed by atoms with Crippen LogP contribution in [0, 0.1) is 17.3 Å². The van der Waals surface area contributed by atoms with Crippen molar-refractivity contribution in [1.29, 1.82) is 0 Å². The summed E-state index contributed by atoms with van der Waals surface area (Å²) in [5.41, 5.74) is -0.411. The lowest BCUT2D eigenvalue weighted by Gasteiger charge is -1.99. The molecule has 0 aromatic heterocycles. The average molecular weight is 248 g/mol. The maximum Gasteiger partial charge on any atom is 0.330 e. The molecule has 4 nitrogen and oxygen atoms in total. The number of carboxylic acids is 1. The monoisotopic (exact) mass is 248 g/mol. The minimum atomic E-state index is -2.70. The van der Waals surface area contributed by atoms with Crippen LogP contribution in [0.3, 0.4) is 0 Å². The van der Waals surface area contributed by atoms with Gasteiger partial charge in [-0.2, -0.15) is 0 Å². The van der Waals surface area contributed by atoms with Gasteiger partial charge in [0.05, 0.1) is 5.92 Å². The molecule has 0 bridgehead atoms. The molecule has 6 heteroatoms. The van der Waals surface area contributed by atoms with Gasteiger partial charge in [0, 0.05) is 6.08 Å². The van der Waals surface area contributed by atoms with Crippen molar-refractivity contribution in [2.24, 2.45) is 17.3 Å². The van der Waals surface area contributed by atoms with Gasteiger partial charge < -0.3 is 9.84 Å². The first kappa shape index (κ1) is 13.6. The van der Waals surface area contributed by atoms with E-state index in [0.29, 0.717) is 0 Å². The van der Waals surface area contributed by atoms with E-state index in [2.05, 4.69) is 4.74 Å². The van der Waals surface area contributed by atoms with Crippen LogP contribution in [0.15, 0.2) is 12.2 Å². The van der Waals surface area contributed by atoms with Gasteiger partial charge in [-0.1, -0.05) is 19.9 Å². The molecule has 1 saturated carbocycles. The summed E-state index contributed by atoms with van der Waals surface area (Å²) in [5.74, 6) is -2.61. The quantitative estimate of drug-likeness (QED) is 0.594. The second kappa shape index (κ2) is 4.81. The van der Waals surface area contributed by atoms with Crippen molar-refractivity contribution in [2.75, 3.05) is 6.61 Å². The highest BCUT2D eigenvalue weighted by molar-refractivity contribution is 5.83. The first-order valence-electron chi connectivity index (χ1n) is 5.12. The molecule has 0 spiro atoms. The average Bonchev–Trinajstić information content (AvgIpc) is 2.74. The number of ether oxygens (including phenoxy) is 1. The Kier molecular flexibility index (Phi) is 3.85. The Bertz CT molecular complexity index is 349. The van der Waals surface area contributed by atoms with E-state index in [1.165, 1.54) is 6.08 Å². The Morgan fingerprint density at radius 3 is 2.47 bits per heavy atom. The summed E-state index contributed by atoms with van der Waals surface area (Å²) < 4.78 is 27.7. The molecule has 96 valence electrons. The number of allylic oxidation sites excluding steroid dienone is 1. The Hall–Kier alpha value is -1.46. The molecular weight excluding hydrogens is 234 g/mol. The summed E-state index contributed by atoms with van der Waals surface area (Å²) in [6, 6.07) is 0. The van der Waals surface area contributed by atoms with Crippen molar-refractivity contribution in [2.45, 2.75) is 20.3 Å². The Balaban J connectivity index is 2.45. The SMILES string of the molecule is CC1(C)C(C=CC(=O)OCC(F)F)C1C(=O)O. The standard InChI is InChI=1S/C11H14F2O4/c1-11(2)6(9(11)10(15)16)3-4-8(14)17-5-7(12)13/h3-4,6-7,9H,5H2,1-2H3,(H,15,16). The van der Waals surface area contributed by atoms with E-state index in [-0.39, 0.29) is 5.92 Å². The molecule has 1 fully saturated rings. The second-order valence-corrected chi connectivity index (χ2v) is 4.54. The molecule has 0 radical (unpaired) electrons. The smallest absolute Gasteiger partial charge is 0.330 e. The van der Waals surface area contributed by atoms with Crippen molar-refractivity contribution in [3.8, 4) is 0 Å². The number of carbonyl (C=O) groups excluding carboxylic acids is 1. The number of rotatable bonds is 5. The molecule has 17 heavy (non-hydrogen) atoms. The van der Waals surface area contributed by atoms with E-state index in [9.17, 15) is 18.4 Å². The minimum Gasteiger partial charge on any atom is -0.481 e. The van der Waals surface area contributed by atoms with Gasteiger partial charge in [0.15, 0.2) is 6.61 Å². The summed E-state index contributed by atoms with van der Waals surface area (Å²) in [6.45, 7) is 2.59. The van der Waals surface area contributed by atoms with Gasteiger partial charge >= 0.3 is 11.9 Å². The van der Waals surface area contributed by atoms with Gasteiger partial charge in [-0.3, -0.25) is 4.79 Å². The number of carbonyl (C=O) groups is 2. The molecule has 1 aliphatic carbocycles. The maximum absolute atomic E-state index is 11.7. The zero-order valence-corrected chi connectivity index (χ0v) is 9.52. The van der Waals surface area contributed by atoms with Gasteiger partial charge in [0.2, 0.25) is 0 Å². The number of hydrogen-bond acceptors (Lipinski definition) is 3. The summed E-state index contributed by atoms with van der Waals surface area (Å²) in [5, 5.41) is 8.85. The Labute approximate surface area is 97.3 Å². The van der Waals surface area contributed by atoms with Crippen molar-refractivity contribution in [1.82, 2.24) is 0 Å². The van der Waals surface area contributed by atoms with Gasteiger partial charge in [-0.25, -0.2) is 13.6 Å². The van der Waals surface area contributed by atoms with Gasteiger partial charge in [0.25, 0.3) is 6.43 Å². The van der Waals surface area contributed by atoms with E-state index >= 15 is 0 Å². The van der Waals surface area contributed by atoms with Crippen LogP contribution in [-0.4, -0.2) is 30.1 Å². The highest BCUT2D eigenvalue weighted by Crippen LogP contribution is 2.58. The van der Waals surface area contributed by atoms with Crippen molar-refractivity contribution >= 4 is 11.9 Å². The summed E-state index contributed by atoms with van der Waals surface area (Å²) in [7, 11) is 0. The van der Waals surface area contributed by atoms with E-state index in [1.807, 2.05) is 0 Å². The fourth-order valence-electron chi connectivity index (χ4n) is 1.88. The maximum atomic E-state index is 11.7. The van der Waals surface area contributed by atoms with E-state index in [4.69, 9.17) is 5.11 Å². The second-order valence-electron chi connectivity index (χ2n) is 4.54. The van der Waals surface area contributed by atoms with Crippen LogP contribution in [0.25, 0.3) is 0 Å². The summed E-state index contributed by atoms with van der Waals surface area (Å²) >= 11 is 0. The lowest BCUT2D eigenvalue weighted by Crippen LogP contribution is -2.09. The molecule has 2 unspecified atom stereocenters. The highest BCUT2D eigenvalue weighted by atomic mass is 19.3. The van der Waals surface area contributed by atoms with Crippen LogP contribution >= 0.6 is 0 Å². The lowest BCUT2D eigenvalue weighted by molar-refractivity contribution is -0.142. The highest BCUT2D eigenvalue weighted by Gasteiger charge is 2.60. The normalized spacial score (nSPS) is 26.2. The summed E-state index contributed by atoms with van der Waals surface area (Å²) in [4.78, 5) is 21.8. The first-order valence-corrected chi connectivity index (χ1v) is 5.12. The van der Waals surface area contributed by atoms with Crippen LogP contribution < -0.4 is 0 Å². The number of halogens is 2. The molecule has 0 saturated heterocycles. The minimum absolute atomic E-state index is 0.265. The molecule has 1 aliphatic rings. The van der Waals surface area contributed by atoms with Crippen LogP contribution in [0.4, 0.5) is 8.78 Å². The third-order valence-corrected chi connectivity index (χ3v) is 2.97. The van der Waals surface area contributed by atoms with Gasteiger partial charge in [-0.15, -0.1) is 0 Å². The fourth-order valence-corrected chi connectivity index (χ4v) is 1.88. The zero-order valence-electron chi connectivity index (χ0n) is 9.52. The van der Waals surface area contributed by atoms with E-state index < -0.39 is 36.3 Å². The predicted octanol–water partition coefficient (Wildman–Crippen LogP) is 1.71.